The number of hydrogen-bond donors (Lipinski definition) is 2. The van der Waals surface area contributed by atoms with Gasteiger partial charge in [-0.25, -0.2) is 0 Å². The van der Waals surface area contributed by atoms with Crippen molar-refractivity contribution in [2.75, 3.05) is 66.1 Å². The molecule has 2 saturated carbocycles. The summed E-state index contributed by atoms with van der Waals surface area (Å²) in [6.45, 7) is 8.96. The molecule has 8 heteroatoms. The first-order valence-corrected chi connectivity index (χ1v) is 11.8. The Hall–Kier alpha value is -1.38. The molecule has 1 spiro atoms. The minimum Gasteiger partial charge on any atom is -0.383 e. The monoisotopic (exact) mass is 421 g/mol. The van der Waals surface area contributed by atoms with E-state index in [1.165, 1.54) is 32.1 Å². The van der Waals surface area contributed by atoms with E-state index in [2.05, 4.69) is 27.4 Å². The van der Waals surface area contributed by atoms with E-state index in [1.54, 1.807) is 7.11 Å². The standard InChI is InChI=1S/C22H39N5O3/c1-3-23-21(25-19-17-6-14-30-20(17)22(19)7-4-5-8-22)27-12-10-26(11-13-27)16-18(28)24-9-15-29-2/h17,19-20H,3-16H2,1-2H3,(H,23,25)(H,24,28). The summed E-state index contributed by atoms with van der Waals surface area (Å²) in [5.74, 6) is 1.77. The number of rotatable bonds is 7. The number of amides is 1. The zero-order chi connectivity index (χ0) is 21.0. The molecule has 0 bridgehead atoms. The Morgan fingerprint density at radius 3 is 2.70 bits per heavy atom. The van der Waals surface area contributed by atoms with Gasteiger partial charge in [-0.1, -0.05) is 12.8 Å². The van der Waals surface area contributed by atoms with E-state index < -0.39 is 0 Å². The van der Waals surface area contributed by atoms with E-state index in [-0.39, 0.29) is 5.91 Å². The summed E-state index contributed by atoms with van der Waals surface area (Å²) in [5, 5.41) is 6.81. The summed E-state index contributed by atoms with van der Waals surface area (Å²) in [6.07, 6.45) is 6.88. The minimum absolute atomic E-state index is 0.0750. The third-order valence-electron chi connectivity index (χ3n) is 7.55. The lowest BCUT2D eigenvalue weighted by Crippen LogP contribution is -2.70. The largest absolute Gasteiger partial charge is 0.383 e. The van der Waals surface area contributed by atoms with Gasteiger partial charge in [-0.15, -0.1) is 0 Å². The second-order valence-electron chi connectivity index (χ2n) is 9.21. The first-order chi connectivity index (χ1) is 14.7. The van der Waals surface area contributed by atoms with Crippen molar-refractivity contribution >= 4 is 11.9 Å². The van der Waals surface area contributed by atoms with Crippen LogP contribution in [0.2, 0.25) is 0 Å². The van der Waals surface area contributed by atoms with E-state index in [4.69, 9.17) is 14.5 Å². The number of fused-ring (bicyclic) bond motifs is 2. The molecule has 4 rings (SSSR count). The molecule has 0 aromatic carbocycles. The Balaban J connectivity index is 1.30. The van der Waals surface area contributed by atoms with Gasteiger partial charge in [0.05, 0.1) is 19.3 Å². The van der Waals surface area contributed by atoms with Crippen LogP contribution in [0.3, 0.4) is 0 Å². The first kappa shape index (κ1) is 21.8. The number of ether oxygens (including phenoxy) is 2. The van der Waals surface area contributed by atoms with Crippen molar-refractivity contribution in [3.8, 4) is 0 Å². The lowest BCUT2D eigenvalue weighted by Gasteiger charge is -2.57. The highest BCUT2D eigenvalue weighted by Crippen LogP contribution is 2.60. The van der Waals surface area contributed by atoms with Crippen molar-refractivity contribution in [2.24, 2.45) is 16.3 Å². The van der Waals surface area contributed by atoms with Crippen molar-refractivity contribution in [2.45, 2.75) is 51.2 Å². The molecule has 0 radical (unpaired) electrons. The molecule has 2 saturated heterocycles. The van der Waals surface area contributed by atoms with E-state index >= 15 is 0 Å². The third kappa shape index (κ3) is 4.32. The summed E-state index contributed by atoms with van der Waals surface area (Å²) in [5.41, 5.74) is 0.331. The number of carbonyl (C=O) groups is 1. The fourth-order valence-electron chi connectivity index (χ4n) is 6.10. The van der Waals surface area contributed by atoms with Crippen LogP contribution in [0.4, 0.5) is 0 Å². The Kier molecular flexibility index (Phi) is 7.16. The zero-order valence-corrected chi connectivity index (χ0v) is 18.7. The summed E-state index contributed by atoms with van der Waals surface area (Å²) < 4.78 is 11.1. The molecule has 170 valence electrons. The van der Waals surface area contributed by atoms with Crippen molar-refractivity contribution in [1.82, 2.24) is 20.4 Å². The van der Waals surface area contributed by atoms with Crippen molar-refractivity contribution in [1.29, 1.82) is 0 Å². The molecule has 0 aromatic heterocycles. The van der Waals surface area contributed by atoms with Crippen LogP contribution >= 0.6 is 0 Å². The zero-order valence-electron chi connectivity index (χ0n) is 18.7. The van der Waals surface area contributed by atoms with E-state index in [1.807, 2.05) is 0 Å². The van der Waals surface area contributed by atoms with Gasteiger partial charge >= 0.3 is 0 Å². The average Bonchev–Trinajstić information content (AvgIpc) is 3.41. The van der Waals surface area contributed by atoms with Gasteiger partial charge in [0, 0.05) is 70.4 Å². The lowest BCUT2D eigenvalue weighted by atomic mass is 9.54. The van der Waals surface area contributed by atoms with Crippen LogP contribution in [-0.2, 0) is 14.3 Å². The van der Waals surface area contributed by atoms with E-state index in [0.717, 1.165) is 45.3 Å². The van der Waals surface area contributed by atoms with Crippen LogP contribution in [0.5, 0.6) is 0 Å². The van der Waals surface area contributed by atoms with Crippen molar-refractivity contribution in [3.05, 3.63) is 0 Å². The summed E-state index contributed by atoms with van der Waals surface area (Å²) in [7, 11) is 1.65. The fourth-order valence-corrected chi connectivity index (χ4v) is 6.10. The van der Waals surface area contributed by atoms with Crippen LogP contribution in [-0.4, -0.2) is 99.9 Å². The van der Waals surface area contributed by atoms with E-state index in [9.17, 15) is 4.79 Å². The Bertz CT molecular complexity index is 614. The number of hydrogen-bond acceptors (Lipinski definition) is 5. The molecular formula is C22H39N5O3. The molecule has 8 nitrogen and oxygen atoms in total. The van der Waals surface area contributed by atoms with Crippen LogP contribution in [0.15, 0.2) is 4.99 Å². The second-order valence-corrected chi connectivity index (χ2v) is 9.21. The van der Waals surface area contributed by atoms with Crippen LogP contribution in [0, 0.1) is 11.3 Å². The molecule has 4 aliphatic rings. The summed E-state index contributed by atoms with van der Waals surface area (Å²) in [4.78, 5) is 21.5. The molecule has 2 N–H and O–H groups in total. The number of nitrogens with zero attached hydrogens (tertiary/aromatic N) is 3. The third-order valence-corrected chi connectivity index (χ3v) is 7.55. The predicted molar refractivity (Wildman–Crippen MR) is 117 cm³/mol. The smallest absolute Gasteiger partial charge is 0.234 e. The van der Waals surface area contributed by atoms with Crippen LogP contribution in [0.1, 0.15) is 39.0 Å². The maximum absolute atomic E-state index is 12.1. The second kappa shape index (κ2) is 9.83. The number of carbonyl (C=O) groups excluding carboxylic acids is 1. The molecule has 2 aliphatic carbocycles. The van der Waals surface area contributed by atoms with Crippen molar-refractivity contribution in [3.63, 3.8) is 0 Å². The quantitative estimate of drug-likeness (QED) is 0.358. The van der Waals surface area contributed by atoms with Gasteiger partial charge in [0.2, 0.25) is 5.91 Å². The molecule has 2 aliphatic heterocycles. The SMILES string of the molecule is CCN=C(NC1C2CCOC2C12CCCC2)N1CCN(CC(=O)NCCOC)CC1. The number of nitrogens with one attached hydrogen (secondary N) is 2. The first-order valence-electron chi connectivity index (χ1n) is 11.8. The maximum atomic E-state index is 12.1. The normalized spacial score (nSPS) is 30.9. The molecule has 30 heavy (non-hydrogen) atoms. The van der Waals surface area contributed by atoms with Gasteiger partial charge in [-0.05, 0) is 26.2 Å². The highest BCUT2D eigenvalue weighted by atomic mass is 16.5. The predicted octanol–water partition coefficient (Wildman–Crippen LogP) is 0.680. The highest BCUT2D eigenvalue weighted by molar-refractivity contribution is 5.81. The summed E-state index contributed by atoms with van der Waals surface area (Å²) in [6, 6.07) is 0.502. The minimum atomic E-state index is 0.0750. The van der Waals surface area contributed by atoms with Gasteiger partial charge in [0.15, 0.2) is 5.96 Å². The van der Waals surface area contributed by atoms with Crippen LogP contribution < -0.4 is 10.6 Å². The van der Waals surface area contributed by atoms with Gasteiger partial charge in [-0.2, -0.15) is 0 Å². The Morgan fingerprint density at radius 2 is 2.00 bits per heavy atom. The molecule has 1 amide bonds. The average molecular weight is 422 g/mol. The fraction of sp³-hybridized carbons (Fsp3) is 0.909. The van der Waals surface area contributed by atoms with Gasteiger partial charge in [0.25, 0.3) is 0 Å². The molecule has 3 atom stereocenters. The van der Waals surface area contributed by atoms with Crippen molar-refractivity contribution < 1.29 is 14.3 Å². The van der Waals surface area contributed by atoms with E-state index in [0.29, 0.717) is 43.2 Å². The Labute approximate surface area is 180 Å². The number of aliphatic imine (C=N–C) groups is 1. The topological polar surface area (TPSA) is 78.4 Å². The molecular weight excluding hydrogens is 382 g/mol. The Morgan fingerprint density at radius 1 is 1.23 bits per heavy atom. The summed E-state index contributed by atoms with van der Waals surface area (Å²) >= 11 is 0. The molecule has 4 fully saturated rings. The number of piperazine rings is 1. The molecule has 0 aromatic rings. The molecule has 2 heterocycles. The van der Waals surface area contributed by atoms with Gasteiger partial charge < -0.3 is 25.0 Å². The lowest BCUT2D eigenvalue weighted by molar-refractivity contribution is -0.125. The molecule has 3 unspecified atom stereocenters. The number of methoxy groups -OCH3 is 1. The number of guanidine groups is 1. The van der Waals surface area contributed by atoms with Crippen LogP contribution in [0.25, 0.3) is 0 Å². The highest BCUT2D eigenvalue weighted by Gasteiger charge is 2.65. The van der Waals surface area contributed by atoms with Gasteiger partial charge in [-0.3, -0.25) is 14.7 Å². The maximum Gasteiger partial charge on any atom is 0.234 e. The van der Waals surface area contributed by atoms with Gasteiger partial charge in [0.1, 0.15) is 0 Å².